The summed E-state index contributed by atoms with van der Waals surface area (Å²) >= 11 is 1.89. The number of hydrogen-bond acceptors (Lipinski definition) is 2. The molecule has 0 bridgehead atoms. The first-order valence-corrected chi connectivity index (χ1v) is 15.8. The van der Waals surface area contributed by atoms with Gasteiger partial charge in [-0.25, -0.2) is 0 Å². The van der Waals surface area contributed by atoms with Gasteiger partial charge in [-0.1, -0.05) is 140 Å². The lowest BCUT2D eigenvalue weighted by atomic mass is 9.90. The quantitative estimate of drug-likeness (QED) is 0.119. The highest BCUT2D eigenvalue weighted by Crippen LogP contribution is 2.44. The first kappa shape index (κ1) is 26.3. The zero-order chi connectivity index (χ0) is 29.6. The van der Waals surface area contributed by atoms with Crippen molar-refractivity contribution < 1.29 is 0 Å². The van der Waals surface area contributed by atoms with Gasteiger partial charge in [-0.05, 0) is 73.5 Å². The van der Waals surface area contributed by atoms with Gasteiger partial charge in [0.2, 0.25) is 0 Å². The van der Waals surface area contributed by atoms with Crippen LogP contribution in [0.1, 0.15) is 23.6 Å². The number of thiophene rings is 1. The summed E-state index contributed by atoms with van der Waals surface area (Å²) in [7, 11) is 0. The highest BCUT2D eigenvalue weighted by Gasteiger charge is 2.15. The molecule has 0 saturated heterocycles. The molecule has 2 heteroatoms. The van der Waals surface area contributed by atoms with Gasteiger partial charge in [-0.2, -0.15) is 0 Å². The van der Waals surface area contributed by atoms with E-state index in [-0.39, 0.29) is 0 Å². The SMILES string of the molecule is C/C(=C\c1c(C=N)c2ccccc2c2ccccc12)c1cccc(-c2cccc3c2sc2c(-c4ccccc4)cccc23)c1. The fraction of sp³-hybridized carbons (Fsp3) is 0.0238. The maximum atomic E-state index is 8.38. The minimum Gasteiger partial charge on any atom is -0.308 e. The Balaban J connectivity index is 1.28. The summed E-state index contributed by atoms with van der Waals surface area (Å²) in [5, 5.41) is 15.7. The molecule has 0 fully saturated rings. The summed E-state index contributed by atoms with van der Waals surface area (Å²) in [5.41, 5.74) is 9.41. The number of fused-ring (bicyclic) bond motifs is 6. The first-order chi connectivity index (χ1) is 21.7. The third kappa shape index (κ3) is 4.26. The molecule has 1 heterocycles. The van der Waals surface area contributed by atoms with Crippen LogP contribution in [0.3, 0.4) is 0 Å². The van der Waals surface area contributed by atoms with Crippen molar-refractivity contribution in [3.63, 3.8) is 0 Å². The second kappa shape index (κ2) is 10.8. The molecule has 0 spiro atoms. The molecule has 44 heavy (non-hydrogen) atoms. The Labute approximate surface area is 260 Å². The largest absolute Gasteiger partial charge is 0.308 e. The Morgan fingerprint density at radius 3 is 1.64 bits per heavy atom. The summed E-state index contributed by atoms with van der Waals surface area (Å²) in [4.78, 5) is 0. The lowest BCUT2D eigenvalue weighted by Gasteiger charge is -2.14. The van der Waals surface area contributed by atoms with E-state index in [4.69, 9.17) is 5.41 Å². The molecule has 1 N–H and O–H groups in total. The Kier molecular flexibility index (Phi) is 6.43. The zero-order valence-electron chi connectivity index (χ0n) is 24.3. The highest BCUT2D eigenvalue weighted by molar-refractivity contribution is 7.26. The van der Waals surface area contributed by atoms with E-state index in [0.717, 1.165) is 16.5 Å². The van der Waals surface area contributed by atoms with Crippen molar-refractivity contribution in [3.05, 3.63) is 156 Å². The van der Waals surface area contributed by atoms with Crippen LogP contribution < -0.4 is 0 Å². The summed E-state index contributed by atoms with van der Waals surface area (Å²) in [6.45, 7) is 2.18. The number of benzene rings is 7. The normalized spacial score (nSPS) is 12.0. The standard InChI is InChI=1S/C42H29NS/c1-27(24-39-35-18-7-5-16-33(35)34-17-6-8-19-36(34)40(39)26-43)29-14-9-15-30(25-29)32-21-11-23-38-37-22-10-20-31(41(37)44-42(32)38)28-12-3-2-4-13-28/h2-26,43H,1H3/b27-24+,43-26?. The van der Waals surface area contributed by atoms with E-state index in [9.17, 15) is 0 Å². The molecular formula is C42H29NS. The molecule has 0 unspecified atom stereocenters. The molecule has 0 aliphatic rings. The van der Waals surface area contributed by atoms with Crippen molar-refractivity contribution in [1.82, 2.24) is 0 Å². The molecule has 7 aromatic carbocycles. The van der Waals surface area contributed by atoms with Gasteiger partial charge < -0.3 is 5.41 Å². The molecule has 8 aromatic rings. The fourth-order valence-corrected chi connectivity index (χ4v) is 8.00. The number of allylic oxidation sites excluding steroid dienone is 1. The van der Waals surface area contributed by atoms with E-state index in [1.165, 1.54) is 75.9 Å². The molecule has 0 aliphatic heterocycles. The molecule has 1 aromatic heterocycles. The lowest BCUT2D eigenvalue weighted by molar-refractivity contribution is 1.55. The predicted octanol–water partition coefficient (Wildman–Crippen LogP) is 12.3. The van der Waals surface area contributed by atoms with Crippen molar-refractivity contribution in [1.29, 1.82) is 5.41 Å². The lowest BCUT2D eigenvalue weighted by Crippen LogP contribution is -1.93. The molecule has 0 amide bonds. The Morgan fingerprint density at radius 2 is 1.00 bits per heavy atom. The third-order valence-corrected chi connectivity index (χ3v) is 10.0. The van der Waals surface area contributed by atoms with E-state index in [1.807, 2.05) is 11.3 Å². The average molecular weight is 580 g/mol. The molecule has 0 radical (unpaired) electrons. The van der Waals surface area contributed by atoms with Gasteiger partial charge in [0.1, 0.15) is 0 Å². The van der Waals surface area contributed by atoms with Gasteiger partial charge in [-0.3, -0.25) is 0 Å². The van der Waals surface area contributed by atoms with Crippen LogP contribution in [0.2, 0.25) is 0 Å². The Morgan fingerprint density at radius 1 is 0.500 bits per heavy atom. The Hall–Kier alpha value is -5.31. The highest BCUT2D eigenvalue weighted by atomic mass is 32.1. The minimum atomic E-state index is 0.957. The van der Waals surface area contributed by atoms with E-state index >= 15 is 0 Å². The first-order valence-electron chi connectivity index (χ1n) is 14.9. The van der Waals surface area contributed by atoms with Crippen LogP contribution in [0.25, 0.3) is 75.6 Å². The second-order valence-corrected chi connectivity index (χ2v) is 12.3. The monoisotopic (exact) mass is 579 g/mol. The number of nitrogens with one attached hydrogen (secondary N) is 1. The van der Waals surface area contributed by atoms with Gasteiger partial charge >= 0.3 is 0 Å². The summed E-state index contributed by atoms with van der Waals surface area (Å²) in [6, 6.07) is 49.9. The van der Waals surface area contributed by atoms with Gasteiger partial charge in [0, 0.05) is 32.0 Å². The van der Waals surface area contributed by atoms with Crippen LogP contribution in [0.5, 0.6) is 0 Å². The van der Waals surface area contributed by atoms with E-state index in [2.05, 4.69) is 153 Å². The van der Waals surface area contributed by atoms with E-state index in [0.29, 0.717) is 0 Å². The van der Waals surface area contributed by atoms with Crippen molar-refractivity contribution in [3.8, 4) is 22.3 Å². The zero-order valence-corrected chi connectivity index (χ0v) is 25.2. The van der Waals surface area contributed by atoms with E-state index in [1.54, 1.807) is 0 Å². The second-order valence-electron chi connectivity index (χ2n) is 11.3. The summed E-state index contributed by atoms with van der Waals surface area (Å²) in [6.07, 6.45) is 3.77. The number of hydrogen-bond donors (Lipinski definition) is 1. The van der Waals surface area contributed by atoms with Crippen LogP contribution in [-0.2, 0) is 0 Å². The van der Waals surface area contributed by atoms with Crippen molar-refractivity contribution in [2.24, 2.45) is 0 Å². The van der Waals surface area contributed by atoms with Crippen LogP contribution in [0, 0.1) is 5.41 Å². The molecule has 8 rings (SSSR count). The van der Waals surface area contributed by atoms with Crippen LogP contribution >= 0.6 is 11.3 Å². The van der Waals surface area contributed by atoms with Gasteiger partial charge in [0.15, 0.2) is 0 Å². The third-order valence-electron chi connectivity index (χ3n) is 8.76. The van der Waals surface area contributed by atoms with Gasteiger partial charge in [-0.15, -0.1) is 11.3 Å². The molecule has 208 valence electrons. The fourth-order valence-electron chi connectivity index (χ4n) is 6.63. The average Bonchev–Trinajstić information content (AvgIpc) is 3.48. The Bertz CT molecular complexity index is 2410. The molecule has 0 aliphatic carbocycles. The summed E-state index contributed by atoms with van der Waals surface area (Å²) < 4.78 is 2.65. The van der Waals surface area contributed by atoms with Crippen molar-refractivity contribution >= 4 is 70.9 Å². The molecule has 0 atom stereocenters. The molecule has 0 saturated carbocycles. The molecule has 1 nitrogen and oxygen atoms in total. The van der Waals surface area contributed by atoms with Crippen LogP contribution in [0.15, 0.2) is 140 Å². The van der Waals surface area contributed by atoms with Crippen molar-refractivity contribution in [2.75, 3.05) is 0 Å². The van der Waals surface area contributed by atoms with Crippen LogP contribution in [0.4, 0.5) is 0 Å². The smallest absolute Gasteiger partial charge is 0.0434 e. The van der Waals surface area contributed by atoms with Crippen molar-refractivity contribution in [2.45, 2.75) is 6.92 Å². The van der Waals surface area contributed by atoms with Gasteiger partial charge in [0.05, 0.1) is 0 Å². The van der Waals surface area contributed by atoms with E-state index < -0.39 is 0 Å². The topological polar surface area (TPSA) is 23.9 Å². The number of rotatable bonds is 5. The van der Waals surface area contributed by atoms with Gasteiger partial charge in [0.25, 0.3) is 0 Å². The van der Waals surface area contributed by atoms with Crippen LogP contribution in [-0.4, -0.2) is 6.21 Å². The predicted molar refractivity (Wildman–Crippen MR) is 193 cm³/mol. The minimum absolute atomic E-state index is 0.957. The maximum Gasteiger partial charge on any atom is 0.0434 e. The molecular weight excluding hydrogens is 551 g/mol. The maximum absolute atomic E-state index is 8.38. The summed E-state index contributed by atoms with van der Waals surface area (Å²) in [5.74, 6) is 0.